The summed E-state index contributed by atoms with van der Waals surface area (Å²) in [6.07, 6.45) is -0.248. The van der Waals surface area contributed by atoms with Crippen molar-refractivity contribution in [2.45, 2.75) is 6.42 Å². The van der Waals surface area contributed by atoms with E-state index in [-0.39, 0.29) is 6.42 Å². The Hall–Kier alpha value is -2.50. The number of rotatable bonds is 3. The fourth-order valence-corrected chi connectivity index (χ4v) is 1.91. The van der Waals surface area contributed by atoms with Crippen LogP contribution in [0.3, 0.4) is 0 Å². The number of hydrogen-bond donors (Lipinski definition) is 2. The van der Waals surface area contributed by atoms with Crippen molar-refractivity contribution in [3.8, 4) is 0 Å². The van der Waals surface area contributed by atoms with Gasteiger partial charge >= 0.3 is 5.97 Å². The van der Waals surface area contributed by atoms with Gasteiger partial charge in [-0.2, -0.15) is 0 Å². The van der Waals surface area contributed by atoms with E-state index in [1.807, 2.05) is 0 Å². The Morgan fingerprint density at radius 3 is 2.20 bits per heavy atom. The van der Waals surface area contributed by atoms with Crippen LogP contribution in [0.1, 0.15) is 21.5 Å². The van der Waals surface area contributed by atoms with E-state index in [0.29, 0.717) is 5.56 Å². The van der Waals surface area contributed by atoms with Gasteiger partial charge < -0.3 is 10.8 Å². The molecule has 0 unspecified atom stereocenters. The van der Waals surface area contributed by atoms with Gasteiger partial charge in [-0.25, -0.2) is 18.0 Å². The van der Waals surface area contributed by atoms with E-state index in [4.69, 9.17) is 10.8 Å². The van der Waals surface area contributed by atoms with Gasteiger partial charge in [0.05, 0.1) is 0 Å². The lowest BCUT2D eigenvalue weighted by molar-refractivity contribution is 0.0690. The van der Waals surface area contributed by atoms with Crippen molar-refractivity contribution in [2.75, 3.05) is 5.73 Å². The molecule has 3 N–H and O–H groups in total. The monoisotopic (exact) mass is 281 g/mol. The van der Waals surface area contributed by atoms with E-state index in [9.17, 15) is 18.0 Å². The molecule has 2 aromatic rings. The summed E-state index contributed by atoms with van der Waals surface area (Å²) in [7, 11) is 0. The minimum absolute atomic E-state index is 0.248. The molecular formula is C14H10F3NO2. The van der Waals surface area contributed by atoms with Crippen LogP contribution in [-0.2, 0) is 6.42 Å². The summed E-state index contributed by atoms with van der Waals surface area (Å²) in [6.45, 7) is 0. The molecule has 0 atom stereocenters. The lowest BCUT2D eigenvalue weighted by atomic mass is 9.97. The average molecular weight is 281 g/mol. The molecular weight excluding hydrogens is 271 g/mol. The molecule has 20 heavy (non-hydrogen) atoms. The third-order valence-electron chi connectivity index (χ3n) is 2.89. The first-order valence-electron chi connectivity index (χ1n) is 5.65. The summed E-state index contributed by atoms with van der Waals surface area (Å²) < 4.78 is 41.1. The van der Waals surface area contributed by atoms with Crippen molar-refractivity contribution in [2.24, 2.45) is 0 Å². The fourth-order valence-electron chi connectivity index (χ4n) is 1.91. The van der Waals surface area contributed by atoms with E-state index in [1.54, 1.807) is 30.3 Å². The van der Waals surface area contributed by atoms with Gasteiger partial charge in [0.15, 0.2) is 17.5 Å². The highest BCUT2D eigenvalue weighted by atomic mass is 19.2. The maximum Gasteiger partial charge on any atom is 0.339 e. The molecule has 2 rings (SSSR count). The number of anilines is 1. The Bertz CT molecular complexity index is 672. The molecule has 3 nitrogen and oxygen atoms in total. The number of aromatic carboxylic acids is 1. The topological polar surface area (TPSA) is 63.3 Å². The van der Waals surface area contributed by atoms with Crippen molar-refractivity contribution in [1.29, 1.82) is 0 Å². The van der Waals surface area contributed by atoms with Gasteiger partial charge in [-0.1, -0.05) is 30.3 Å². The first-order valence-corrected chi connectivity index (χ1v) is 5.65. The fraction of sp³-hybridized carbons (Fsp3) is 0.0714. The zero-order valence-corrected chi connectivity index (χ0v) is 10.2. The van der Waals surface area contributed by atoms with Crippen LogP contribution in [0, 0.1) is 17.5 Å². The molecule has 0 fully saturated rings. The largest absolute Gasteiger partial charge is 0.478 e. The summed E-state index contributed by atoms with van der Waals surface area (Å²) in [5.74, 6) is -6.16. The van der Waals surface area contributed by atoms with Crippen molar-refractivity contribution >= 4 is 11.7 Å². The Morgan fingerprint density at radius 2 is 1.65 bits per heavy atom. The molecule has 0 saturated heterocycles. The molecule has 0 aliphatic heterocycles. The summed E-state index contributed by atoms with van der Waals surface area (Å²) in [5.41, 5.74) is 2.93. The zero-order chi connectivity index (χ0) is 14.9. The SMILES string of the molecule is Nc1c(F)c(F)c(Cc2ccccc2)c(C(=O)O)c1F. The second-order valence-electron chi connectivity index (χ2n) is 4.18. The van der Waals surface area contributed by atoms with E-state index in [0.717, 1.165) is 0 Å². The highest BCUT2D eigenvalue weighted by Crippen LogP contribution is 2.28. The predicted molar refractivity (Wildman–Crippen MR) is 66.9 cm³/mol. The van der Waals surface area contributed by atoms with E-state index in [2.05, 4.69) is 0 Å². The zero-order valence-electron chi connectivity index (χ0n) is 10.2. The second kappa shape index (κ2) is 5.24. The highest BCUT2D eigenvalue weighted by Gasteiger charge is 2.27. The maximum absolute atomic E-state index is 13.9. The number of nitrogens with two attached hydrogens (primary N) is 1. The van der Waals surface area contributed by atoms with Crippen molar-refractivity contribution < 1.29 is 23.1 Å². The number of carbonyl (C=O) groups is 1. The molecule has 2 aromatic carbocycles. The van der Waals surface area contributed by atoms with Crippen molar-refractivity contribution in [1.82, 2.24) is 0 Å². The predicted octanol–water partition coefficient (Wildman–Crippen LogP) is 2.98. The molecule has 0 radical (unpaired) electrons. The van der Waals surface area contributed by atoms with Gasteiger partial charge in [-0.15, -0.1) is 0 Å². The molecule has 0 saturated carbocycles. The first kappa shape index (κ1) is 13.9. The Balaban J connectivity index is 2.65. The molecule has 0 amide bonds. The maximum atomic E-state index is 13.9. The number of carboxylic acids is 1. The van der Waals surface area contributed by atoms with Crippen LogP contribution in [0.4, 0.5) is 18.9 Å². The average Bonchev–Trinajstić information content (AvgIpc) is 2.43. The summed E-state index contributed by atoms with van der Waals surface area (Å²) >= 11 is 0. The van der Waals surface area contributed by atoms with Gasteiger partial charge in [0.1, 0.15) is 11.3 Å². The van der Waals surface area contributed by atoms with Crippen LogP contribution in [0.25, 0.3) is 0 Å². The Morgan fingerprint density at radius 1 is 1.05 bits per heavy atom. The van der Waals surface area contributed by atoms with Gasteiger partial charge in [-0.3, -0.25) is 0 Å². The van der Waals surface area contributed by atoms with E-state index < -0.39 is 40.2 Å². The molecule has 104 valence electrons. The number of benzene rings is 2. The second-order valence-corrected chi connectivity index (χ2v) is 4.18. The number of hydrogen-bond acceptors (Lipinski definition) is 2. The van der Waals surface area contributed by atoms with E-state index >= 15 is 0 Å². The minimum atomic E-state index is -1.70. The van der Waals surface area contributed by atoms with Gasteiger partial charge in [0.2, 0.25) is 0 Å². The minimum Gasteiger partial charge on any atom is -0.478 e. The van der Waals surface area contributed by atoms with Crippen molar-refractivity contribution in [3.63, 3.8) is 0 Å². The van der Waals surface area contributed by atoms with Gasteiger partial charge in [-0.05, 0) is 5.56 Å². The van der Waals surface area contributed by atoms with Crippen LogP contribution in [0.2, 0.25) is 0 Å². The van der Waals surface area contributed by atoms with Crippen LogP contribution in [-0.4, -0.2) is 11.1 Å². The Labute approximate surface area is 112 Å². The van der Waals surface area contributed by atoms with Crippen LogP contribution < -0.4 is 5.73 Å². The lowest BCUT2D eigenvalue weighted by Crippen LogP contribution is -2.14. The summed E-state index contributed by atoms with van der Waals surface area (Å²) in [5, 5.41) is 8.98. The summed E-state index contributed by atoms with van der Waals surface area (Å²) in [6, 6.07) is 8.20. The number of halogens is 3. The van der Waals surface area contributed by atoms with Crippen LogP contribution >= 0.6 is 0 Å². The molecule has 0 spiro atoms. The summed E-state index contributed by atoms with van der Waals surface area (Å²) in [4.78, 5) is 11.1. The molecule has 0 aliphatic rings. The third kappa shape index (κ3) is 2.32. The normalized spacial score (nSPS) is 10.6. The number of carboxylic acid groups (broad SMARTS) is 1. The molecule has 0 bridgehead atoms. The highest BCUT2D eigenvalue weighted by molar-refractivity contribution is 5.91. The smallest absolute Gasteiger partial charge is 0.339 e. The molecule has 0 aliphatic carbocycles. The Kier molecular flexibility index (Phi) is 3.65. The lowest BCUT2D eigenvalue weighted by Gasteiger charge is -2.12. The van der Waals surface area contributed by atoms with Crippen LogP contribution in [0.5, 0.6) is 0 Å². The third-order valence-corrected chi connectivity index (χ3v) is 2.89. The molecule has 0 aromatic heterocycles. The molecule has 0 heterocycles. The van der Waals surface area contributed by atoms with E-state index in [1.165, 1.54) is 0 Å². The number of nitrogen functional groups attached to an aromatic ring is 1. The first-order chi connectivity index (χ1) is 9.43. The van der Waals surface area contributed by atoms with Gasteiger partial charge in [0.25, 0.3) is 0 Å². The molecule has 6 heteroatoms. The van der Waals surface area contributed by atoms with Crippen LogP contribution in [0.15, 0.2) is 30.3 Å². The van der Waals surface area contributed by atoms with Gasteiger partial charge in [0, 0.05) is 12.0 Å². The standard InChI is InChI=1S/C14H10F3NO2/c15-10-8(6-7-4-2-1-3-5-7)9(14(19)20)11(16)13(18)12(10)17/h1-5H,6,18H2,(H,19,20). The quantitative estimate of drug-likeness (QED) is 0.671. The van der Waals surface area contributed by atoms with Crippen molar-refractivity contribution in [3.05, 3.63) is 64.5 Å².